The van der Waals surface area contributed by atoms with Crippen molar-refractivity contribution in [2.75, 3.05) is 17.7 Å². The Hall–Kier alpha value is -4.91. The highest BCUT2D eigenvalue weighted by Crippen LogP contribution is 2.39. The number of halogens is 4. The molecular formula is C34H36ClF3N4O6. The van der Waals surface area contributed by atoms with Gasteiger partial charge in [0, 0.05) is 34.9 Å². The van der Waals surface area contributed by atoms with Crippen molar-refractivity contribution in [3.8, 4) is 17.2 Å². The lowest BCUT2D eigenvalue weighted by atomic mass is 9.99. The number of ether oxygens (including phenoxy) is 4. The lowest BCUT2D eigenvalue weighted by Crippen LogP contribution is -2.54. The third-order valence-electron chi connectivity index (χ3n) is 6.77. The van der Waals surface area contributed by atoms with E-state index in [4.69, 9.17) is 36.3 Å². The van der Waals surface area contributed by atoms with E-state index in [0.29, 0.717) is 16.3 Å². The fraction of sp³-hybridized carbons (Fsp3) is 0.324. The zero-order valence-corrected chi connectivity index (χ0v) is 27.7. The van der Waals surface area contributed by atoms with Crippen LogP contribution in [0.5, 0.6) is 17.2 Å². The number of aromatic nitrogens is 1. The van der Waals surface area contributed by atoms with Crippen molar-refractivity contribution < 1.29 is 41.7 Å². The molecule has 4 aromatic rings. The van der Waals surface area contributed by atoms with Crippen molar-refractivity contribution in [3.05, 3.63) is 83.0 Å². The van der Waals surface area contributed by atoms with E-state index in [1.807, 2.05) is 0 Å². The van der Waals surface area contributed by atoms with Gasteiger partial charge in [-0.2, -0.15) is 13.2 Å². The maximum Gasteiger partial charge on any atom is 0.491 e. The first-order valence-electron chi connectivity index (χ1n) is 15.0. The Labute approximate surface area is 280 Å². The van der Waals surface area contributed by atoms with Crippen LogP contribution >= 0.6 is 11.6 Å². The number of nitrogens with one attached hydrogen (secondary N) is 2. The molecule has 0 aliphatic carbocycles. The lowest BCUT2D eigenvalue weighted by Gasteiger charge is -2.35. The molecule has 48 heavy (non-hydrogen) atoms. The molecule has 0 saturated carbocycles. The highest BCUT2D eigenvalue weighted by molar-refractivity contribution is 6.32. The summed E-state index contributed by atoms with van der Waals surface area (Å²) < 4.78 is 64.3. The van der Waals surface area contributed by atoms with E-state index < -0.39 is 23.8 Å². The van der Waals surface area contributed by atoms with Crippen molar-refractivity contribution in [1.29, 1.82) is 0 Å². The number of hydrogen-bond donors (Lipinski definition) is 3. The smallest absolute Gasteiger partial charge is 0.490 e. The Morgan fingerprint density at radius 2 is 1.69 bits per heavy atom. The molecule has 1 aromatic heterocycles. The normalized spacial score (nSPS) is 12.8. The van der Waals surface area contributed by atoms with Gasteiger partial charge in [0.2, 0.25) is 0 Å². The van der Waals surface area contributed by atoms with Gasteiger partial charge in [0.1, 0.15) is 11.6 Å². The maximum absolute atomic E-state index is 14.4. The van der Waals surface area contributed by atoms with Crippen LogP contribution in [-0.4, -0.2) is 41.9 Å². The number of nitrogens with zero attached hydrogens (tertiary/aromatic N) is 1. The maximum atomic E-state index is 14.4. The van der Waals surface area contributed by atoms with Gasteiger partial charge in [-0.15, -0.1) is 0 Å². The van der Waals surface area contributed by atoms with E-state index in [-0.39, 0.29) is 64.7 Å². The molecule has 0 fully saturated rings. The summed E-state index contributed by atoms with van der Waals surface area (Å²) in [6, 6.07) is 15.1. The molecule has 0 aliphatic rings. The summed E-state index contributed by atoms with van der Waals surface area (Å²) in [6.45, 7) is 8.72. The zero-order valence-electron chi connectivity index (χ0n) is 26.9. The fourth-order valence-corrected chi connectivity index (χ4v) is 5.02. The summed E-state index contributed by atoms with van der Waals surface area (Å²) in [7, 11) is 0. The first-order valence-corrected chi connectivity index (χ1v) is 15.4. The highest BCUT2D eigenvalue weighted by Gasteiger charge is 2.52. The SMILES string of the molecule is CCOc1cc(C(Nc2ccc3c(N)nccc3c2)(OC(=O)C(F)(F)F)C(=O)NCc2cccc(Cl)c2OC(C)C)ccc1OC(C)C. The van der Waals surface area contributed by atoms with Gasteiger partial charge in [-0.3, -0.25) is 4.79 Å². The topological polar surface area (TPSA) is 134 Å². The number of rotatable bonds is 13. The van der Waals surface area contributed by atoms with Crippen LogP contribution < -0.4 is 30.6 Å². The molecule has 4 N–H and O–H groups in total. The molecule has 10 nitrogen and oxygen atoms in total. The second-order valence-electron chi connectivity index (χ2n) is 11.2. The van der Waals surface area contributed by atoms with E-state index in [1.165, 1.54) is 36.5 Å². The molecule has 14 heteroatoms. The number of amides is 1. The van der Waals surface area contributed by atoms with Crippen molar-refractivity contribution >= 4 is 45.8 Å². The number of pyridine rings is 1. The molecule has 0 spiro atoms. The Balaban J connectivity index is 1.91. The zero-order chi connectivity index (χ0) is 35.2. The second-order valence-corrected chi connectivity index (χ2v) is 11.6. The van der Waals surface area contributed by atoms with E-state index in [2.05, 4.69) is 15.6 Å². The summed E-state index contributed by atoms with van der Waals surface area (Å²) >= 11 is 6.37. The molecule has 4 rings (SSSR count). The third kappa shape index (κ3) is 8.32. The van der Waals surface area contributed by atoms with Crippen LogP contribution in [-0.2, 0) is 26.6 Å². The minimum atomic E-state index is -5.47. The molecule has 1 heterocycles. The summed E-state index contributed by atoms with van der Waals surface area (Å²) in [5.41, 5.74) is 3.53. The van der Waals surface area contributed by atoms with Crippen molar-refractivity contribution in [2.24, 2.45) is 0 Å². The molecule has 1 unspecified atom stereocenters. The average Bonchev–Trinajstić information content (AvgIpc) is 3.01. The van der Waals surface area contributed by atoms with Crippen LogP contribution in [0.2, 0.25) is 5.02 Å². The number of benzene rings is 3. The van der Waals surface area contributed by atoms with Crippen molar-refractivity contribution in [1.82, 2.24) is 10.3 Å². The van der Waals surface area contributed by atoms with Crippen LogP contribution in [0.15, 0.2) is 66.9 Å². The van der Waals surface area contributed by atoms with Gasteiger partial charge in [0.25, 0.3) is 11.6 Å². The minimum absolute atomic E-state index is 0.102. The molecular weight excluding hydrogens is 653 g/mol. The Morgan fingerprint density at radius 3 is 2.35 bits per heavy atom. The van der Waals surface area contributed by atoms with Gasteiger partial charge in [0.05, 0.1) is 23.8 Å². The largest absolute Gasteiger partial charge is 0.491 e. The number of alkyl halides is 3. The second kappa shape index (κ2) is 14.9. The fourth-order valence-electron chi connectivity index (χ4n) is 4.78. The summed E-state index contributed by atoms with van der Waals surface area (Å²) in [4.78, 5) is 31.1. The van der Waals surface area contributed by atoms with Crippen LogP contribution in [0, 0.1) is 0 Å². The van der Waals surface area contributed by atoms with Gasteiger partial charge in [-0.25, -0.2) is 9.78 Å². The lowest BCUT2D eigenvalue weighted by molar-refractivity contribution is -0.213. The van der Waals surface area contributed by atoms with Crippen LogP contribution in [0.4, 0.5) is 24.7 Å². The molecule has 0 aliphatic heterocycles. The molecule has 1 amide bonds. The number of fused-ring (bicyclic) bond motifs is 1. The first kappa shape index (κ1) is 35.9. The number of para-hydroxylation sites is 1. The number of carbonyl (C=O) groups is 2. The minimum Gasteiger partial charge on any atom is -0.490 e. The molecule has 0 radical (unpaired) electrons. The summed E-state index contributed by atoms with van der Waals surface area (Å²) in [5.74, 6) is -2.92. The van der Waals surface area contributed by atoms with E-state index in [1.54, 1.807) is 65.0 Å². The number of carbonyl (C=O) groups excluding carboxylic acids is 2. The van der Waals surface area contributed by atoms with Gasteiger partial charge >= 0.3 is 12.1 Å². The van der Waals surface area contributed by atoms with Gasteiger partial charge < -0.3 is 35.3 Å². The quantitative estimate of drug-likeness (QED) is 0.0991. The molecule has 0 saturated heterocycles. The van der Waals surface area contributed by atoms with E-state index in [9.17, 15) is 22.8 Å². The Kier molecular flexibility index (Phi) is 11.1. The number of hydrogen-bond acceptors (Lipinski definition) is 9. The predicted octanol–water partition coefficient (Wildman–Crippen LogP) is 7.13. The monoisotopic (exact) mass is 688 g/mol. The van der Waals surface area contributed by atoms with Crippen molar-refractivity contribution in [3.63, 3.8) is 0 Å². The van der Waals surface area contributed by atoms with Gasteiger partial charge in [-0.05, 0) is 88.5 Å². The number of anilines is 2. The Bertz CT molecular complexity index is 1790. The van der Waals surface area contributed by atoms with E-state index >= 15 is 0 Å². The van der Waals surface area contributed by atoms with Crippen molar-refractivity contribution in [2.45, 2.75) is 65.3 Å². The molecule has 1 atom stereocenters. The number of nitrogen functional groups attached to an aromatic ring is 1. The molecule has 3 aromatic carbocycles. The first-order chi connectivity index (χ1) is 22.6. The third-order valence-corrected chi connectivity index (χ3v) is 7.06. The van der Waals surface area contributed by atoms with Crippen LogP contribution in [0.1, 0.15) is 45.7 Å². The van der Waals surface area contributed by atoms with Gasteiger partial charge in [0.15, 0.2) is 11.5 Å². The number of esters is 1. The molecule has 256 valence electrons. The van der Waals surface area contributed by atoms with Crippen LogP contribution in [0.25, 0.3) is 10.8 Å². The van der Waals surface area contributed by atoms with E-state index in [0.717, 1.165) is 0 Å². The highest BCUT2D eigenvalue weighted by atomic mass is 35.5. The summed E-state index contributed by atoms with van der Waals surface area (Å²) in [6.07, 6.45) is -4.59. The molecule has 0 bridgehead atoms. The Morgan fingerprint density at radius 1 is 0.958 bits per heavy atom. The predicted molar refractivity (Wildman–Crippen MR) is 176 cm³/mol. The average molecular weight is 689 g/mol. The number of nitrogens with two attached hydrogens (primary N) is 1. The summed E-state index contributed by atoms with van der Waals surface area (Å²) in [5, 5.41) is 6.75. The van der Waals surface area contributed by atoms with Gasteiger partial charge in [-0.1, -0.05) is 23.7 Å². The van der Waals surface area contributed by atoms with Crippen LogP contribution in [0.3, 0.4) is 0 Å². The standard InChI is InChI=1S/C34H36ClF3N4O6/c1-6-45-28-17-23(10-13-27(28)46-19(2)3)33(48-32(44)34(36,37)38,42-24-11-12-25-21(16-24)14-15-40-30(25)39)31(43)41-18-22-8-7-9-26(35)29(22)47-20(4)5/h7-17,19-20,42H,6,18H2,1-5H3,(H2,39,40)(H,41,43).